The third-order valence-electron chi connectivity index (χ3n) is 5.23. The molecule has 0 saturated carbocycles. The zero-order chi connectivity index (χ0) is 23.6. The van der Waals surface area contributed by atoms with E-state index in [1.807, 2.05) is 42.5 Å². The highest BCUT2D eigenvalue weighted by atomic mass is 35.5. The molecular formula is C25H24ClN3O3S. The van der Waals surface area contributed by atoms with Crippen LogP contribution in [0.5, 0.6) is 0 Å². The highest BCUT2D eigenvalue weighted by Gasteiger charge is 2.29. The first kappa shape index (κ1) is 23.2. The van der Waals surface area contributed by atoms with E-state index in [2.05, 4.69) is 35.7 Å². The molecule has 1 aromatic heterocycles. The van der Waals surface area contributed by atoms with Gasteiger partial charge in [-0.25, -0.2) is 8.42 Å². The van der Waals surface area contributed by atoms with Crippen LogP contribution >= 0.6 is 11.6 Å². The SMILES string of the molecule is CC(C)(C)c1ccc(S(=O)(=O)N[C@H](c2nnc(-c3ccccc3)o2)c2ccccc2Cl)cc1. The molecule has 6 nitrogen and oxygen atoms in total. The Labute approximate surface area is 198 Å². The van der Waals surface area contributed by atoms with E-state index >= 15 is 0 Å². The minimum atomic E-state index is -3.93. The molecule has 0 aliphatic rings. The molecule has 3 aromatic carbocycles. The van der Waals surface area contributed by atoms with Crippen LogP contribution in [0.2, 0.25) is 5.02 Å². The summed E-state index contributed by atoms with van der Waals surface area (Å²) in [6, 6.07) is 22.1. The predicted octanol–water partition coefficient (Wildman–Crippen LogP) is 5.76. The van der Waals surface area contributed by atoms with Gasteiger partial charge in [-0.3, -0.25) is 0 Å². The molecule has 8 heteroatoms. The van der Waals surface area contributed by atoms with Crippen LogP contribution in [0.4, 0.5) is 0 Å². The molecule has 1 N–H and O–H groups in total. The van der Waals surface area contributed by atoms with Crippen LogP contribution in [0.25, 0.3) is 11.5 Å². The fourth-order valence-corrected chi connectivity index (χ4v) is 4.78. The maximum Gasteiger partial charge on any atom is 0.247 e. The molecule has 1 atom stereocenters. The van der Waals surface area contributed by atoms with Crippen LogP contribution in [0, 0.1) is 0 Å². The topological polar surface area (TPSA) is 85.1 Å². The Morgan fingerprint density at radius 1 is 0.879 bits per heavy atom. The highest BCUT2D eigenvalue weighted by molar-refractivity contribution is 7.89. The minimum Gasteiger partial charge on any atom is -0.419 e. The lowest BCUT2D eigenvalue weighted by molar-refractivity contribution is 0.464. The molecule has 0 spiro atoms. The second kappa shape index (κ2) is 9.09. The maximum atomic E-state index is 13.3. The number of aromatic nitrogens is 2. The molecule has 170 valence electrons. The second-order valence-electron chi connectivity index (χ2n) is 8.66. The van der Waals surface area contributed by atoms with Crippen LogP contribution in [-0.4, -0.2) is 18.6 Å². The summed E-state index contributed by atoms with van der Waals surface area (Å²) < 4.78 is 35.2. The summed E-state index contributed by atoms with van der Waals surface area (Å²) >= 11 is 6.41. The highest BCUT2D eigenvalue weighted by Crippen LogP contribution is 2.31. The molecule has 33 heavy (non-hydrogen) atoms. The summed E-state index contributed by atoms with van der Waals surface area (Å²) in [4.78, 5) is 0.135. The van der Waals surface area contributed by atoms with Crippen molar-refractivity contribution in [1.82, 2.24) is 14.9 Å². The summed E-state index contributed by atoms with van der Waals surface area (Å²) in [5, 5.41) is 8.62. The molecular weight excluding hydrogens is 458 g/mol. The van der Waals surface area contributed by atoms with E-state index in [1.54, 1.807) is 36.4 Å². The van der Waals surface area contributed by atoms with Crippen molar-refractivity contribution in [2.24, 2.45) is 0 Å². The fraction of sp³-hybridized carbons (Fsp3) is 0.200. The predicted molar refractivity (Wildman–Crippen MR) is 128 cm³/mol. The standard InChI is InChI=1S/C25H24ClN3O3S/c1-25(2,3)18-13-15-19(16-14-18)33(30,31)29-22(20-11-7-8-12-21(20)26)24-28-27-23(32-24)17-9-5-4-6-10-17/h4-16,22,29H,1-3H3/t22-/m0/s1. The lowest BCUT2D eigenvalue weighted by atomic mass is 9.87. The maximum absolute atomic E-state index is 13.3. The van der Waals surface area contributed by atoms with Gasteiger partial charge in [-0.15, -0.1) is 10.2 Å². The zero-order valence-corrected chi connectivity index (χ0v) is 20.1. The first-order valence-electron chi connectivity index (χ1n) is 10.4. The van der Waals surface area contributed by atoms with Crippen molar-refractivity contribution >= 4 is 21.6 Å². The van der Waals surface area contributed by atoms with E-state index in [0.29, 0.717) is 10.6 Å². The summed E-state index contributed by atoms with van der Waals surface area (Å²) in [7, 11) is -3.93. The minimum absolute atomic E-state index is 0.0899. The number of halogens is 1. The Balaban J connectivity index is 1.72. The average Bonchev–Trinajstić information content (AvgIpc) is 3.28. The molecule has 0 saturated heterocycles. The quantitative estimate of drug-likeness (QED) is 0.378. The molecule has 1 heterocycles. The number of hydrogen-bond donors (Lipinski definition) is 1. The van der Waals surface area contributed by atoms with Gasteiger partial charge in [-0.05, 0) is 46.9 Å². The first-order valence-corrected chi connectivity index (χ1v) is 12.3. The molecule has 0 radical (unpaired) electrons. The van der Waals surface area contributed by atoms with Gasteiger partial charge in [-0.2, -0.15) is 4.72 Å². The van der Waals surface area contributed by atoms with Crippen LogP contribution in [-0.2, 0) is 15.4 Å². The summed E-state index contributed by atoms with van der Waals surface area (Å²) in [5.41, 5.74) is 2.19. The van der Waals surface area contributed by atoms with Crippen LogP contribution < -0.4 is 4.72 Å². The third kappa shape index (κ3) is 5.16. The number of sulfonamides is 1. The summed E-state index contributed by atoms with van der Waals surface area (Å²) in [6.07, 6.45) is 0. The fourth-order valence-electron chi connectivity index (χ4n) is 3.36. The third-order valence-corrected chi connectivity index (χ3v) is 7.01. The largest absolute Gasteiger partial charge is 0.419 e. The number of nitrogens with one attached hydrogen (secondary N) is 1. The molecule has 0 unspecified atom stereocenters. The molecule has 0 aliphatic heterocycles. The van der Waals surface area contributed by atoms with Gasteiger partial charge in [-0.1, -0.05) is 80.9 Å². The number of nitrogens with zero attached hydrogens (tertiary/aromatic N) is 2. The van der Waals surface area contributed by atoms with Gasteiger partial charge < -0.3 is 4.42 Å². The van der Waals surface area contributed by atoms with E-state index < -0.39 is 16.1 Å². The van der Waals surface area contributed by atoms with Crippen LogP contribution in [0.15, 0.2) is 88.2 Å². The number of benzene rings is 3. The smallest absolute Gasteiger partial charge is 0.247 e. The van der Waals surface area contributed by atoms with Crippen molar-refractivity contribution in [2.75, 3.05) is 0 Å². The van der Waals surface area contributed by atoms with Gasteiger partial charge in [0.2, 0.25) is 21.8 Å². The van der Waals surface area contributed by atoms with Crippen LogP contribution in [0.3, 0.4) is 0 Å². The molecule has 4 aromatic rings. The summed E-state index contributed by atoms with van der Waals surface area (Å²) in [5.74, 6) is 0.383. The van der Waals surface area contributed by atoms with Crippen molar-refractivity contribution in [2.45, 2.75) is 37.1 Å². The Hall–Kier alpha value is -3.00. The lowest BCUT2D eigenvalue weighted by Crippen LogP contribution is -2.30. The van der Waals surface area contributed by atoms with Crippen molar-refractivity contribution in [1.29, 1.82) is 0 Å². The average molecular weight is 482 g/mol. The lowest BCUT2D eigenvalue weighted by Gasteiger charge is -2.20. The zero-order valence-electron chi connectivity index (χ0n) is 18.5. The van der Waals surface area contributed by atoms with Crippen LogP contribution in [0.1, 0.15) is 43.8 Å². The monoisotopic (exact) mass is 481 g/mol. The Kier molecular flexibility index (Phi) is 6.38. The normalized spacial score (nSPS) is 13.1. The summed E-state index contributed by atoms with van der Waals surface area (Å²) in [6.45, 7) is 6.21. The van der Waals surface area contributed by atoms with Crippen molar-refractivity contribution < 1.29 is 12.8 Å². The molecule has 0 bridgehead atoms. The van der Waals surface area contributed by atoms with Crippen molar-refractivity contribution in [3.63, 3.8) is 0 Å². The number of hydrogen-bond acceptors (Lipinski definition) is 5. The Morgan fingerprint density at radius 3 is 2.15 bits per heavy atom. The molecule has 4 rings (SSSR count). The second-order valence-corrected chi connectivity index (χ2v) is 10.8. The molecule has 0 fully saturated rings. The van der Waals surface area contributed by atoms with E-state index in [9.17, 15) is 8.42 Å². The Bertz CT molecular complexity index is 1350. The van der Waals surface area contributed by atoms with E-state index in [1.165, 1.54) is 0 Å². The van der Waals surface area contributed by atoms with Gasteiger partial charge in [0, 0.05) is 10.6 Å². The van der Waals surface area contributed by atoms with Gasteiger partial charge in [0.15, 0.2) is 0 Å². The van der Waals surface area contributed by atoms with Gasteiger partial charge in [0.25, 0.3) is 0 Å². The molecule has 0 aliphatic carbocycles. The van der Waals surface area contributed by atoms with Gasteiger partial charge >= 0.3 is 0 Å². The van der Waals surface area contributed by atoms with E-state index in [4.69, 9.17) is 16.0 Å². The van der Waals surface area contributed by atoms with Crippen molar-refractivity contribution in [3.8, 4) is 11.5 Å². The Morgan fingerprint density at radius 2 is 1.52 bits per heavy atom. The van der Waals surface area contributed by atoms with E-state index in [0.717, 1.165) is 11.1 Å². The first-order chi connectivity index (χ1) is 15.6. The number of rotatable bonds is 6. The van der Waals surface area contributed by atoms with Gasteiger partial charge in [0.05, 0.1) is 4.90 Å². The molecule has 0 amide bonds. The van der Waals surface area contributed by atoms with E-state index in [-0.39, 0.29) is 22.1 Å². The van der Waals surface area contributed by atoms with Crippen molar-refractivity contribution in [3.05, 3.63) is 101 Å². The van der Waals surface area contributed by atoms with Gasteiger partial charge in [0.1, 0.15) is 6.04 Å².